The summed E-state index contributed by atoms with van der Waals surface area (Å²) >= 11 is 16.4. The van der Waals surface area contributed by atoms with Crippen LogP contribution in [0.1, 0.15) is 22.5 Å². The molecule has 14 heteroatoms. The smallest absolute Gasteiger partial charge is 0.746 e. The molecule has 1 aliphatic heterocycles. The average Bonchev–Trinajstić information content (AvgIpc) is 2.93. The minimum absolute atomic E-state index is 0. The van der Waals surface area contributed by atoms with E-state index in [1.165, 1.54) is 6.20 Å². The van der Waals surface area contributed by atoms with Gasteiger partial charge in [0.05, 0.1) is 24.6 Å². The molecule has 2 aromatic rings. The van der Waals surface area contributed by atoms with Crippen LogP contribution in [0.25, 0.3) is 0 Å². The number of nitrogens with zero attached hydrogens (tertiary/aromatic N) is 5. The van der Waals surface area contributed by atoms with Crippen LogP contribution in [-0.2, 0) is 16.7 Å². The third-order valence-corrected chi connectivity index (χ3v) is 3.95. The molecule has 3 rings (SSSR count). The topological polar surface area (TPSA) is 141 Å². The molecule has 2 aromatic heterocycles. The van der Waals surface area contributed by atoms with Gasteiger partial charge in [0.15, 0.2) is 10.6 Å². The zero-order valence-electron chi connectivity index (χ0n) is 12.5. The van der Waals surface area contributed by atoms with Crippen molar-refractivity contribution in [1.82, 2.24) is 19.9 Å². The molecular weight excluding hydrogens is 428 g/mol. The van der Waals surface area contributed by atoms with Crippen LogP contribution >= 0.6 is 34.8 Å². The van der Waals surface area contributed by atoms with Gasteiger partial charge in [0.25, 0.3) is 0 Å². The number of rotatable bonds is 2. The van der Waals surface area contributed by atoms with Crippen molar-refractivity contribution in [1.29, 1.82) is 0 Å². The average molecular weight is 435 g/mol. The van der Waals surface area contributed by atoms with Gasteiger partial charge in [-0.1, -0.05) is 34.8 Å². The number of aliphatic imine (C=N–C) groups is 1. The van der Waals surface area contributed by atoms with Crippen LogP contribution in [0.15, 0.2) is 17.4 Å². The number of aromatic nitrogens is 4. The Morgan fingerprint density at radius 3 is 2.32 bits per heavy atom. The minimum Gasteiger partial charge on any atom is -0.746 e. The molecule has 0 saturated heterocycles. The maximum Gasteiger partial charge on any atom is 1.00 e. The van der Waals surface area contributed by atoms with E-state index in [0.29, 0.717) is 11.7 Å². The molecule has 3 heterocycles. The van der Waals surface area contributed by atoms with Crippen LogP contribution in [0, 0.1) is 0 Å². The van der Waals surface area contributed by atoms with Crippen LogP contribution in [0.5, 0.6) is 0 Å². The van der Waals surface area contributed by atoms with Crippen molar-refractivity contribution < 1.29 is 47.6 Å². The SMILES string of the molecule is Clc1cnc2c(n1)CN=C2.O=S(=O)([O-])C(O)c1ncc(Cl)nc1Cl.[Na+]. The quantitative estimate of drug-likeness (QED) is 0.439. The Bertz CT molecular complexity index is 899. The van der Waals surface area contributed by atoms with Crippen molar-refractivity contribution >= 4 is 51.1 Å². The molecule has 0 saturated carbocycles. The third kappa shape index (κ3) is 6.35. The standard InChI is InChI=1S/C6H4ClN3.C5H4Cl2N2O4S.Na/c7-6-3-9-4-1-8-2-5(4)10-6;6-2-1-8-3(4(7)9-2)5(10)14(11,12)13;/h1,3H,2H2;1,5,10H,(H,11,12,13);/q;;+1/p-1. The molecule has 1 N–H and O–H groups in total. The van der Waals surface area contributed by atoms with Crippen molar-refractivity contribution in [2.24, 2.45) is 4.99 Å². The molecule has 0 bridgehead atoms. The molecule has 1 atom stereocenters. The molecule has 9 nitrogen and oxygen atoms in total. The van der Waals surface area contributed by atoms with Gasteiger partial charge < -0.3 is 9.66 Å². The second-order valence-electron chi connectivity index (χ2n) is 4.21. The maximum absolute atomic E-state index is 10.4. The number of aliphatic hydroxyl groups excluding tert-OH is 1. The first kappa shape index (κ1) is 22.6. The van der Waals surface area contributed by atoms with Crippen LogP contribution < -0.4 is 29.6 Å². The molecule has 0 fully saturated rings. The molecule has 0 radical (unpaired) electrons. The van der Waals surface area contributed by atoms with Crippen LogP contribution in [0.3, 0.4) is 0 Å². The molecular formula is C11H7Cl3N5NaO4S. The molecule has 0 spiro atoms. The summed E-state index contributed by atoms with van der Waals surface area (Å²) in [6.45, 7) is 0.614. The van der Waals surface area contributed by atoms with Gasteiger partial charge in [0.1, 0.15) is 31.8 Å². The zero-order valence-corrected chi connectivity index (χ0v) is 17.6. The van der Waals surface area contributed by atoms with E-state index in [1.54, 1.807) is 6.21 Å². The van der Waals surface area contributed by atoms with Gasteiger partial charge in [-0.2, -0.15) is 0 Å². The Morgan fingerprint density at radius 2 is 1.72 bits per heavy atom. The summed E-state index contributed by atoms with van der Waals surface area (Å²) in [4.78, 5) is 18.8. The molecule has 1 aliphatic rings. The van der Waals surface area contributed by atoms with E-state index in [1.807, 2.05) is 0 Å². The Kier molecular flexibility index (Phi) is 8.58. The van der Waals surface area contributed by atoms with Crippen molar-refractivity contribution in [3.63, 3.8) is 0 Å². The summed E-state index contributed by atoms with van der Waals surface area (Å²) in [5.41, 5.74) is -1.16. The predicted molar refractivity (Wildman–Crippen MR) is 85.0 cm³/mol. The fourth-order valence-electron chi connectivity index (χ4n) is 1.51. The van der Waals surface area contributed by atoms with Crippen LogP contribution in [-0.4, -0.2) is 44.2 Å². The molecule has 128 valence electrons. The Morgan fingerprint density at radius 1 is 1.12 bits per heavy atom. The van der Waals surface area contributed by atoms with E-state index in [0.717, 1.165) is 17.6 Å². The van der Waals surface area contributed by atoms with Gasteiger partial charge in [0, 0.05) is 6.21 Å². The Hall–Kier alpha value is -0.430. The summed E-state index contributed by atoms with van der Waals surface area (Å²) in [5, 5.41) is 8.93. The first-order chi connectivity index (χ1) is 11.2. The van der Waals surface area contributed by atoms with Crippen molar-refractivity contribution in [3.05, 3.63) is 44.9 Å². The fourth-order valence-corrected chi connectivity index (χ4v) is 2.59. The van der Waals surface area contributed by atoms with Gasteiger partial charge in [-0.3, -0.25) is 15.0 Å². The number of fused-ring (bicyclic) bond motifs is 1. The van der Waals surface area contributed by atoms with Gasteiger partial charge in [-0.15, -0.1) is 0 Å². The fraction of sp³-hybridized carbons (Fsp3) is 0.182. The van der Waals surface area contributed by atoms with Gasteiger partial charge in [-0.25, -0.2) is 18.4 Å². The second-order valence-corrected chi connectivity index (χ2v) is 6.77. The normalized spacial score (nSPS) is 13.3. The maximum atomic E-state index is 10.4. The van der Waals surface area contributed by atoms with Gasteiger partial charge in [0.2, 0.25) is 0 Å². The Labute approximate surface area is 179 Å². The first-order valence-corrected chi connectivity index (χ1v) is 8.61. The Balaban J connectivity index is 0.000000251. The number of hydrogen-bond acceptors (Lipinski definition) is 9. The molecule has 0 amide bonds. The van der Waals surface area contributed by atoms with Gasteiger partial charge in [-0.05, 0) is 0 Å². The van der Waals surface area contributed by atoms with E-state index in [4.69, 9.17) is 39.9 Å². The molecule has 1 unspecified atom stereocenters. The predicted octanol–water partition coefficient (Wildman–Crippen LogP) is -1.61. The number of halogens is 3. The largest absolute Gasteiger partial charge is 1.00 e. The van der Waals surface area contributed by atoms with E-state index < -0.39 is 26.4 Å². The first-order valence-electron chi connectivity index (χ1n) is 6.00. The third-order valence-electron chi connectivity index (χ3n) is 2.54. The summed E-state index contributed by atoms with van der Waals surface area (Å²) in [5.74, 6) is 0. The monoisotopic (exact) mass is 433 g/mol. The molecule has 25 heavy (non-hydrogen) atoms. The van der Waals surface area contributed by atoms with Gasteiger partial charge >= 0.3 is 29.6 Å². The summed E-state index contributed by atoms with van der Waals surface area (Å²) in [6.07, 6.45) is 4.20. The van der Waals surface area contributed by atoms with Crippen LogP contribution in [0.4, 0.5) is 0 Å². The van der Waals surface area contributed by atoms with E-state index in [2.05, 4.69) is 24.9 Å². The zero-order chi connectivity index (χ0) is 17.9. The minimum atomic E-state index is -4.92. The number of hydrogen-bond donors (Lipinski definition) is 1. The summed E-state index contributed by atoms with van der Waals surface area (Å²) < 4.78 is 31.2. The van der Waals surface area contributed by atoms with E-state index in [-0.39, 0.29) is 34.7 Å². The van der Waals surface area contributed by atoms with Crippen LogP contribution in [0.2, 0.25) is 15.5 Å². The second kappa shape index (κ2) is 9.49. The summed E-state index contributed by atoms with van der Waals surface area (Å²) in [7, 11) is -4.92. The van der Waals surface area contributed by atoms with E-state index >= 15 is 0 Å². The van der Waals surface area contributed by atoms with Crippen molar-refractivity contribution in [2.75, 3.05) is 0 Å². The molecule has 0 aromatic carbocycles. The number of aliphatic hydroxyl groups is 1. The van der Waals surface area contributed by atoms with E-state index in [9.17, 15) is 13.0 Å². The molecule has 0 aliphatic carbocycles. The van der Waals surface area contributed by atoms with Crippen molar-refractivity contribution in [3.8, 4) is 0 Å². The summed E-state index contributed by atoms with van der Waals surface area (Å²) in [6, 6.07) is 0. The van der Waals surface area contributed by atoms with Crippen molar-refractivity contribution in [2.45, 2.75) is 12.0 Å².